The predicted molar refractivity (Wildman–Crippen MR) is 89.1 cm³/mol. The Balaban J connectivity index is 1.83. The van der Waals surface area contributed by atoms with Crippen LogP contribution in [-0.4, -0.2) is 23.8 Å². The lowest BCUT2D eigenvalue weighted by atomic mass is 9.87. The average Bonchev–Trinajstić information content (AvgIpc) is 2.95. The first kappa shape index (κ1) is 12.4. The van der Waals surface area contributed by atoms with Gasteiger partial charge in [-0.15, -0.1) is 0 Å². The largest absolute Gasteiger partial charge is 0.297 e. The molecule has 1 fully saturated rings. The van der Waals surface area contributed by atoms with Crippen molar-refractivity contribution in [1.29, 1.82) is 0 Å². The van der Waals surface area contributed by atoms with Crippen LogP contribution in [0.15, 0.2) is 48.5 Å². The Kier molecular flexibility index (Phi) is 2.47. The summed E-state index contributed by atoms with van der Waals surface area (Å²) in [6.45, 7) is 1.94. The molecule has 0 aliphatic carbocycles. The lowest BCUT2D eigenvalue weighted by molar-refractivity contribution is -0.120. The lowest BCUT2D eigenvalue weighted by Crippen LogP contribution is -2.33. The molecule has 2 nitrogen and oxygen atoms in total. The normalized spacial score (nSPS) is 21.3. The van der Waals surface area contributed by atoms with Crippen LogP contribution < -0.4 is 0 Å². The van der Waals surface area contributed by atoms with Crippen LogP contribution in [0.4, 0.5) is 0 Å². The molecule has 2 heteroatoms. The molecule has 2 aliphatic rings. The van der Waals surface area contributed by atoms with Gasteiger partial charge in [-0.25, -0.2) is 0 Å². The van der Waals surface area contributed by atoms with E-state index in [0.29, 0.717) is 12.2 Å². The van der Waals surface area contributed by atoms with Crippen LogP contribution in [0.1, 0.15) is 23.6 Å². The molecular formula is C20H17NO. The molecule has 0 aromatic heterocycles. The summed E-state index contributed by atoms with van der Waals surface area (Å²) in [6.07, 6.45) is 1.76. The minimum Gasteiger partial charge on any atom is -0.297 e. The van der Waals surface area contributed by atoms with E-state index in [4.69, 9.17) is 0 Å². The third-order valence-corrected chi connectivity index (χ3v) is 5.33. The Hall–Kier alpha value is -2.19. The summed E-state index contributed by atoms with van der Waals surface area (Å²) in [5.74, 6) is 0.390. The highest BCUT2D eigenvalue weighted by Gasteiger charge is 2.37. The zero-order valence-electron chi connectivity index (χ0n) is 12.4. The number of hydrogen-bond acceptors (Lipinski definition) is 2. The summed E-state index contributed by atoms with van der Waals surface area (Å²) >= 11 is 0. The fourth-order valence-corrected chi connectivity index (χ4v) is 4.29. The molecular weight excluding hydrogens is 270 g/mol. The first-order chi connectivity index (χ1) is 10.8. The van der Waals surface area contributed by atoms with E-state index in [-0.39, 0.29) is 6.04 Å². The molecule has 0 bridgehead atoms. The molecule has 0 saturated carbocycles. The van der Waals surface area contributed by atoms with Gasteiger partial charge in [0.2, 0.25) is 0 Å². The van der Waals surface area contributed by atoms with E-state index in [1.54, 1.807) is 0 Å². The summed E-state index contributed by atoms with van der Waals surface area (Å²) in [7, 11) is 0. The molecule has 22 heavy (non-hydrogen) atoms. The van der Waals surface area contributed by atoms with Gasteiger partial charge >= 0.3 is 0 Å². The molecule has 0 radical (unpaired) electrons. The molecule has 0 N–H and O–H groups in total. The molecule has 3 aromatic carbocycles. The Morgan fingerprint density at radius 3 is 2.59 bits per heavy atom. The molecule has 1 atom stereocenters. The molecule has 2 aliphatic heterocycles. The van der Waals surface area contributed by atoms with Crippen molar-refractivity contribution in [3.8, 4) is 0 Å². The summed E-state index contributed by atoms with van der Waals surface area (Å²) in [5, 5.41) is 5.23. The van der Waals surface area contributed by atoms with Crippen molar-refractivity contribution in [2.75, 3.05) is 13.1 Å². The zero-order chi connectivity index (χ0) is 14.7. The molecule has 3 aromatic rings. The Bertz CT molecular complexity index is 928. The second-order valence-electron chi connectivity index (χ2n) is 6.42. The van der Waals surface area contributed by atoms with Gasteiger partial charge in [-0.3, -0.25) is 9.69 Å². The average molecular weight is 287 g/mol. The number of fused-ring (bicyclic) bond motifs is 7. The topological polar surface area (TPSA) is 20.3 Å². The number of hydrogen-bond donors (Lipinski definition) is 0. The highest BCUT2D eigenvalue weighted by Crippen LogP contribution is 2.39. The zero-order valence-corrected chi connectivity index (χ0v) is 12.4. The second kappa shape index (κ2) is 4.40. The van der Waals surface area contributed by atoms with Crippen molar-refractivity contribution in [3.63, 3.8) is 0 Å². The van der Waals surface area contributed by atoms with E-state index in [1.165, 1.54) is 32.7 Å². The van der Waals surface area contributed by atoms with Gasteiger partial charge in [0, 0.05) is 19.5 Å². The van der Waals surface area contributed by atoms with E-state index < -0.39 is 0 Å². The van der Waals surface area contributed by atoms with Gasteiger partial charge in [-0.1, -0.05) is 48.5 Å². The fraction of sp³-hybridized carbons (Fsp3) is 0.250. The molecule has 1 saturated heterocycles. The first-order valence-corrected chi connectivity index (χ1v) is 8.03. The van der Waals surface area contributed by atoms with Gasteiger partial charge in [0.15, 0.2) is 5.78 Å². The maximum Gasteiger partial charge on any atom is 0.155 e. The number of carbonyl (C=O) groups excluding carboxylic acids is 1. The van der Waals surface area contributed by atoms with Crippen LogP contribution in [0, 0.1) is 0 Å². The number of Topliss-reactive ketones (excluding diaryl/α,β-unsaturated/α-hetero) is 1. The molecule has 108 valence electrons. The van der Waals surface area contributed by atoms with Crippen LogP contribution in [0.3, 0.4) is 0 Å². The quantitative estimate of drug-likeness (QED) is 0.585. The van der Waals surface area contributed by atoms with E-state index in [0.717, 1.165) is 19.5 Å². The maximum atomic E-state index is 12.3. The number of ketones is 1. The van der Waals surface area contributed by atoms with Crippen molar-refractivity contribution in [2.45, 2.75) is 18.9 Å². The monoisotopic (exact) mass is 287 g/mol. The van der Waals surface area contributed by atoms with Crippen LogP contribution in [0.25, 0.3) is 21.5 Å². The highest BCUT2D eigenvalue weighted by molar-refractivity contribution is 6.09. The van der Waals surface area contributed by atoms with Crippen molar-refractivity contribution in [2.24, 2.45) is 0 Å². The van der Waals surface area contributed by atoms with E-state index in [9.17, 15) is 4.79 Å². The number of benzene rings is 3. The van der Waals surface area contributed by atoms with Crippen molar-refractivity contribution in [1.82, 2.24) is 4.90 Å². The van der Waals surface area contributed by atoms with Gasteiger partial charge < -0.3 is 0 Å². The van der Waals surface area contributed by atoms with Crippen molar-refractivity contribution >= 4 is 27.3 Å². The van der Waals surface area contributed by atoms with E-state index in [1.807, 2.05) is 0 Å². The fourth-order valence-electron chi connectivity index (χ4n) is 4.29. The Morgan fingerprint density at radius 2 is 1.64 bits per heavy atom. The Labute approximate surface area is 129 Å². The molecule has 1 unspecified atom stereocenters. The van der Waals surface area contributed by atoms with Gasteiger partial charge in [-0.2, -0.15) is 0 Å². The standard InChI is InChI=1S/C20H17NO/c22-19-10-12-21-11-9-17-16-6-5-13-3-1-2-4-14(13)15(16)7-8-18(17)20(19)21/h1-8,20H,9-12H2. The number of nitrogens with zero attached hydrogens (tertiary/aromatic N) is 1. The third-order valence-electron chi connectivity index (χ3n) is 5.33. The van der Waals surface area contributed by atoms with Gasteiger partial charge in [0.25, 0.3) is 0 Å². The van der Waals surface area contributed by atoms with Gasteiger partial charge in [0.1, 0.15) is 0 Å². The summed E-state index contributed by atoms with van der Waals surface area (Å²) in [4.78, 5) is 14.6. The summed E-state index contributed by atoms with van der Waals surface area (Å²) in [5.41, 5.74) is 2.64. The van der Waals surface area contributed by atoms with Crippen LogP contribution in [0.5, 0.6) is 0 Å². The third kappa shape index (κ3) is 1.56. The van der Waals surface area contributed by atoms with E-state index >= 15 is 0 Å². The maximum absolute atomic E-state index is 12.3. The molecule has 0 amide bonds. The predicted octanol–water partition coefficient (Wildman–Crippen LogP) is 3.87. The second-order valence-corrected chi connectivity index (χ2v) is 6.42. The first-order valence-electron chi connectivity index (χ1n) is 8.03. The lowest BCUT2D eigenvalue weighted by Gasteiger charge is -2.31. The summed E-state index contributed by atoms with van der Waals surface area (Å²) < 4.78 is 0. The SMILES string of the molecule is O=C1CCN2CCc3c(ccc4c3ccc3ccccc34)C12. The van der Waals surface area contributed by atoms with Crippen molar-refractivity contribution < 1.29 is 4.79 Å². The Morgan fingerprint density at radius 1 is 0.818 bits per heavy atom. The molecule has 5 rings (SSSR count). The van der Waals surface area contributed by atoms with Crippen LogP contribution >= 0.6 is 0 Å². The number of rotatable bonds is 0. The van der Waals surface area contributed by atoms with Crippen LogP contribution in [-0.2, 0) is 11.2 Å². The minimum atomic E-state index is 0.0135. The smallest absolute Gasteiger partial charge is 0.155 e. The number of carbonyl (C=O) groups is 1. The molecule has 0 spiro atoms. The minimum absolute atomic E-state index is 0.0135. The van der Waals surface area contributed by atoms with Gasteiger partial charge in [0.05, 0.1) is 6.04 Å². The van der Waals surface area contributed by atoms with Crippen LogP contribution in [0.2, 0.25) is 0 Å². The molecule has 2 heterocycles. The highest BCUT2D eigenvalue weighted by atomic mass is 16.1. The van der Waals surface area contributed by atoms with Gasteiger partial charge in [-0.05, 0) is 39.1 Å². The summed E-state index contributed by atoms with van der Waals surface area (Å²) in [6, 6.07) is 17.4. The van der Waals surface area contributed by atoms with E-state index in [2.05, 4.69) is 53.4 Å². The van der Waals surface area contributed by atoms with Crippen molar-refractivity contribution in [3.05, 3.63) is 59.7 Å².